The van der Waals surface area contributed by atoms with Crippen molar-refractivity contribution >= 4 is 11.9 Å². The van der Waals surface area contributed by atoms with Crippen molar-refractivity contribution in [1.29, 1.82) is 0 Å². The highest BCUT2D eigenvalue weighted by Crippen LogP contribution is 2.27. The molecule has 1 aromatic carbocycles. The molecule has 0 saturated heterocycles. The van der Waals surface area contributed by atoms with Gasteiger partial charge in [0.1, 0.15) is 0 Å². The van der Waals surface area contributed by atoms with E-state index in [0.717, 1.165) is 0 Å². The Balaban J connectivity index is 2.21. The standard InChI is InChI=1S/C17H17NO5/c1-21-15-7-4-11(8-16(15)22-2)13(19)6-5-12-9-14(20)17(23-3)10-18-12/h4-10H,1-3H3,(H,18,20). The van der Waals surface area contributed by atoms with E-state index >= 15 is 0 Å². The summed E-state index contributed by atoms with van der Waals surface area (Å²) in [5.74, 6) is 1.02. The average Bonchev–Trinajstić information content (AvgIpc) is 2.59. The lowest BCUT2D eigenvalue weighted by Gasteiger charge is -2.08. The highest BCUT2D eigenvalue weighted by Gasteiger charge is 2.08. The number of nitrogens with one attached hydrogen (secondary N) is 1. The number of hydrogen-bond acceptors (Lipinski definition) is 5. The maximum atomic E-state index is 12.2. The second-order valence-corrected chi connectivity index (χ2v) is 4.59. The van der Waals surface area contributed by atoms with Crippen molar-refractivity contribution in [3.05, 3.63) is 58.0 Å². The Morgan fingerprint density at radius 2 is 1.70 bits per heavy atom. The number of H-pyrrole nitrogens is 1. The monoisotopic (exact) mass is 315 g/mol. The summed E-state index contributed by atoms with van der Waals surface area (Å²) in [5.41, 5.74) is 0.698. The van der Waals surface area contributed by atoms with Gasteiger partial charge in [0, 0.05) is 23.5 Å². The molecule has 1 heterocycles. The van der Waals surface area contributed by atoms with E-state index in [0.29, 0.717) is 22.8 Å². The molecule has 0 atom stereocenters. The second-order valence-electron chi connectivity index (χ2n) is 4.59. The lowest BCUT2D eigenvalue weighted by atomic mass is 10.1. The van der Waals surface area contributed by atoms with Gasteiger partial charge in [0.15, 0.2) is 23.0 Å². The van der Waals surface area contributed by atoms with E-state index in [9.17, 15) is 9.59 Å². The van der Waals surface area contributed by atoms with E-state index in [4.69, 9.17) is 14.2 Å². The van der Waals surface area contributed by atoms with Gasteiger partial charge in [0.25, 0.3) is 0 Å². The summed E-state index contributed by atoms with van der Waals surface area (Å²) in [6, 6.07) is 6.26. The Morgan fingerprint density at radius 1 is 1.00 bits per heavy atom. The van der Waals surface area contributed by atoms with Crippen LogP contribution in [-0.4, -0.2) is 32.1 Å². The molecule has 0 unspecified atom stereocenters. The number of ether oxygens (including phenoxy) is 3. The molecule has 0 saturated carbocycles. The molecular formula is C17H17NO5. The number of aromatic nitrogens is 1. The Bertz CT molecular complexity index is 792. The number of carbonyl (C=O) groups is 1. The molecular weight excluding hydrogens is 298 g/mol. The third-order valence-corrected chi connectivity index (χ3v) is 3.20. The molecule has 0 radical (unpaired) electrons. The fourth-order valence-electron chi connectivity index (χ4n) is 1.98. The zero-order valence-electron chi connectivity index (χ0n) is 13.1. The quantitative estimate of drug-likeness (QED) is 0.654. The van der Waals surface area contributed by atoms with Crippen molar-refractivity contribution in [3.8, 4) is 17.2 Å². The lowest BCUT2D eigenvalue weighted by molar-refractivity contribution is 0.104. The molecule has 0 fully saturated rings. The van der Waals surface area contributed by atoms with E-state index in [1.54, 1.807) is 18.2 Å². The van der Waals surface area contributed by atoms with Crippen LogP contribution in [0.1, 0.15) is 16.1 Å². The third-order valence-electron chi connectivity index (χ3n) is 3.20. The number of pyridine rings is 1. The molecule has 6 heteroatoms. The second kappa shape index (κ2) is 7.31. The minimum atomic E-state index is -0.260. The van der Waals surface area contributed by atoms with Crippen LogP contribution < -0.4 is 19.6 Å². The van der Waals surface area contributed by atoms with Crippen LogP contribution in [0, 0.1) is 0 Å². The van der Waals surface area contributed by atoms with Crippen molar-refractivity contribution < 1.29 is 19.0 Å². The van der Waals surface area contributed by atoms with Gasteiger partial charge in [0.05, 0.1) is 21.3 Å². The number of benzene rings is 1. The number of allylic oxidation sites excluding steroid dienone is 1. The topological polar surface area (TPSA) is 77.6 Å². The first kappa shape index (κ1) is 16.4. The van der Waals surface area contributed by atoms with Crippen molar-refractivity contribution in [2.75, 3.05) is 21.3 Å². The lowest BCUT2D eigenvalue weighted by Crippen LogP contribution is -2.05. The number of carbonyl (C=O) groups excluding carboxylic acids is 1. The van der Waals surface area contributed by atoms with Gasteiger partial charge in [-0.05, 0) is 30.4 Å². The van der Waals surface area contributed by atoms with Gasteiger partial charge in [-0.25, -0.2) is 0 Å². The zero-order valence-corrected chi connectivity index (χ0v) is 13.1. The molecule has 1 N–H and O–H groups in total. The van der Waals surface area contributed by atoms with Crippen LogP contribution in [0.25, 0.3) is 6.08 Å². The fourth-order valence-corrected chi connectivity index (χ4v) is 1.98. The Labute approximate surface area is 133 Å². The summed E-state index contributed by atoms with van der Waals surface area (Å²) < 4.78 is 15.2. The third kappa shape index (κ3) is 3.79. The van der Waals surface area contributed by atoms with Crippen LogP contribution >= 0.6 is 0 Å². The number of hydrogen-bond donors (Lipinski definition) is 1. The summed E-state index contributed by atoms with van der Waals surface area (Å²) in [6.07, 6.45) is 4.35. The molecule has 0 aliphatic heterocycles. The SMILES string of the molecule is COc1ccc(C(=O)C=Cc2cc(=O)c(OC)c[nH]2)cc1OC. The zero-order chi connectivity index (χ0) is 16.8. The Hall–Kier alpha value is -3.02. The fraction of sp³-hybridized carbons (Fsp3) is 0.176. The highest BCUT2D eigenvalue weighted by atomic mass is 16.5. The van der Waals surface area contributed by atoms with Crippen molar-refractivity contribution in [2.45, 2.75) is 0 Å². The van der Waals surface area contributed by atoms with Crippen LogP contribution in [-0.2, 0) is 0 Å². The molecule has 0 aliphatic rings. The van der Waals surface area contributed by atoms with Gasteiger partial charge < -0.3 is 19.2 Å². The van der Waals surface area contributed by atoms with E-state index in [-0.39, 0.29) is 17.0 Å². The minimum absolute atomic E-state index is 0.216. The molecule has 1 aromatic heterocycles. The smallest absolute Gasteiger partial charge is 0.223 e. The molecule has 0 amide bonds. The van der Waals surface area contributed by atoms with Gasteiger partial charge in [-0.1, -0.05) is 0 Å². The van der Waals surface area contributed by atoms with E-state index < -0.39 is 0 Å². The maximum Gasteiger partial charge on any atom is 0.223 e. The number of aromatic amines is 1. The van der Waals surface area contributed by atoms with Crippen LogP contribution in [0.5, 0.6) is 17.2 Å². The molecule has 0 aliphatic carbocycles. The predicted molar refractivity (Wildman–Crippen MR) is 86.5 cm³/mol. The van der Waals surface area contributed by atoms with Crippen LogP contribution in [0.4, 0.5) is 0 Å². The summed E-state index contributed by atoms with van der Waals surface area (Å²) in [5, 5.41) is 0. The summed E-state index contributed by atoms with van der Waals surface area (Å²) in [6.45, 7) is 0. The first-order valence-corrected chi connectivity index (χ1v) is 6.80. The molecule has 23 heavy (non-hydrogen) atoms. The molecule has 6 nitrogen and oxygen atoms in total. The molecule has 120 valence electrons. The first-order chi connectivity index (χ1) is 11.1. The average molecular weight is 315 g/mol. The molecule has 2 rings (SSSR count). The maximum absolute atomic E-state index is 12.2. The Morgan fingerprint density at radius 3 is 2.30 bits per heavy atom. The molecule has 0 bridgehead atoms. The van der Waals surface area contributed by atoms with Gasteiger partial charge >= 0.3 is 0 Å². The largest absolute Gasteiger partial charge is 0.493 e. The van der Waals surface area contributed by atoms with E-state index in [2.05, 4.69) is 4.98 Å². The summed E-state index contributed by atoms with van der Waals surface area (Å²) >= 11 is 0. The van der Waals surface area contributed by atoms with Crippen molar-refractivity contribution in [2.24, 2.45) is 0 Å². The van der Waals surface area contributed by atoms with E-state index in [1.807, 2.05) is 0 Å². The van der Waals surface area contributed by atoms with Gasteiger partial charge in [0.2, 0.25) is 5.43 Å². The molecule has 2 aromatic rings. The summed E-state index contributed by atoms with van der Waals surface area (Å²) in [7, 11) is 4.45. The van der Waals surface area contributed by atoms with E-state index in [1.165, 1.54) is 45.7 Å². The van der Waals surface area contributed by atoms with Gasteiger partial charge in [-0.2, -0.15) is 0 Å². The van der Waals surface area contributed by atoms with Crippen molar-refractivity contribution in [1.82, 2.24) is 4.98 Å². The number of methoxy groups -OCH3 is 3. The van der Waals surface area contributed by atoms with Crippen LogP contribution in [0.2, 0.25) is 0 Å². The molecule has 0 spiro atoms. The Kier molecular flexibility index (Phi) is 5.19. The van der Waals surface area contributed by atoms with Crippen molar-refractivity contribution in [3.63, 3.8) is 0 Å². The predicted octanol–water partition coefficient (Wildman–Crippen LogP) is 2.30. The first-order valence-electron chi connectivity index (χ1n) is 6.80. The van der Waals surface area contributed by atoms with Crippen LogP contribution in [0.15, 0.2) is 41.3 Å². The highest BCUT2D eigenvalue weighted by molar-refractivity contribution is 6.07. The number of ketones is 1. The van der Waals surface area contributed by atoms with Gasteiger partial charge in [-0.15, -0.1) is 0 Å². The normalized spacial score (nSPS) is 10.6. The van der Waals surface area contributed by atoms with Gasteiger partial charge in [-0.3, -0.25) is 9.59 Å². The summed E-state index contributed by atoms with van der Waals surface area (Å²) in [4.78, 5) is 26.7. The minimum Gasteiger partial charge on any atom is -0.493 e. The van der Waals surface area contributed by atoms with Crippen LogP contribution in [0.3, 0.4) is 0 Å². The number of rotatable bonds is 6.